The van der Waals surface area contributed by atoms with Crippen molar-refractivity contribution in [2.75, 3.05) is 6.61 Å². The van der Waals surface area contributed by atoms with E-state index in [1.54, 1.807) is 6.92 Å². The van der Waals surface area contributed by atoms with Crippen LogP contribution in [0.1, 0.15) is 59.5 Å². The minimum atomic E-state index is -0.372. The highest BCUT2D eigenvalue weighted by molar-refractivity contribution is 7.98. The Bertz CT molecular complexity index is 1140. The molecule has 0 radical (unpaired) electrons. The number of carbonyl (C=O) groups is 2. The zero-order chi connectivity index (χ0) is 22.0. The number of benzene rings is 1. The van der Waals surface area contributed by atoms with E-state index in [9.17, 15) is 9.59 Å². The molecule has 1 aliphatic carbocycles. The van der Waals surface area contributed by atoms with Gasteiger partial charge in [0.05, 0.1) is 23.4 Å². The summed E-state index contributed by atoms with van der Waals surface area (Å²) in [7, 11) is 0. The number of fused-ring (bicyclic) bond motifs is 1. The molecular formula is C22H25N5O3S. The highest BCUT2D eigenvalue weighted by atomic mass is 32.2. The summed E-state index contributed by atoms with van der Waals surface area (Å²) in [6.07, 6.45) is 2.39. The van der Waals surface area contributed by atoms with Crippen LogP contribution in [0.3, 0.4) is 0 Å². The van der Waals surface area contributed by atoms with Gasteiger partial charge in [-0.15, -0.1) is 10.2 Å². The molecule has 0 aliphatic heterocycles. The highest BCUT2D eigenvalue weighted by Crippen LogP contribution is 2.40. The smallest absolute Gasteiger partial charge is 0.340 e. The van der Waals surface area contributed by atoms with E-state index >= 15 is 0 Å². The molecule has 0 bridgehead atoms. The first-order valence-electron chi connectivity index (χ1n) is 10.4. The number of thioether (sulfide) groups is 1. The average Bonchev–Trinajstić information content (AvgIpc) is 3.51. The van der Waals surface area contributed by atoms with E-state index in [-0.39, 0.29) is 18.3 Å². The topological polar surface area (TPSA) is 113 Å². The zero-order valence-electron chi connectivity index (χ0n) is 17.6. The number of esters is 1. The van der Waals surface area contributed by atoms with Crippen molar-refractivity contribution >= 4 is 34.5 Å². The van der Waals surface area contributed by atoms with E-state index in [2.05, 4.69) is 10.2 Å². The number of rotatable bonds is 9. The second-order valence-corrected chi connectivity index (χ2v) is 8.51. The van der Waals surface area contributed by atoms with Crippen molar-refractivity contribution in [3.63, 3.8) is 0 Å². The van der Waals surface area contributed by atoms with Gasteiger partial charge < -0.3 is 15.0 Å². The lowest BCUT2D eigenvalue weighted by Crippen LogP contribution is -2.16. The van der Waals surface area contributed by atoms with Gasteiger partial charge in [-0.25, -0.2) is 4.79 Å². The maximum atomic E-state index is 12.7. The van der Waals surface area contributed by atoms with Crippen molar-refractivity contribution in [3.05, 3.63) is 46.9 Å². The van der Waals surface area contributed by atoms with Crippen LogP contribution < -0.4 is 5.73 Å². The Kier molecular flexibility index (Phi) is 6.22. The Balaban J connectivity index is 1.66. The Labute approximate surface area is 184 Å². The van der Waals surface area contributed by atoms with Gasteiger partial charge in [0.15, 0.2) is 5.16 Å². The van der Waals surface area contributed by atoms with Crippen molar-refractivity contribution in [1.82, 2.24) is 19.7 Å². The molecule has 1 saturated carbocycles. The van der Waals surface area contributed by atoms with E-state index in [0.717, 1.165) is 35.1 Å². The van der Waals surface area contributed by atoms with Crippen LogP contribution in [-0.4, -0.2) is 38.2 Å². The predicted octanol–water partition coefficient (Wildman–Crippen LogP) is 3.36. The number of amides is 1. The van der Waals surface area contributed by atoms with Gasteiger partial charge in [-0.1, -0.05) is 30.0 Å². The molecule has 1 amide bonds. The number of carbonyl (C=O) groups excluding carboxylic acids is 2. The minimum absolute atomic E-state index is 0.229. The number of aromatic nitrogens is 4. The molecule has 0 unspecified atom stereocenters. The maximum absolute atomic E-state index is 12.7. The minimum Gasteiger partial charge on any atom is -0.462 e. The Morgan fingerprint density at radius 1 is 1.26 bits per heavy atom. The summed E-state index contributed by atoms with van der Waals surface area (Å²) in [6.45, 7) is 4.46. The quantitative estimate of drug-likeness (QED) is 0.402. The monoisotopic (exact) mass is 439 g/mol. The first-order valence-corrected chi connectivity index (χ1v) is 11.4. The molecule has 4 rings (SSSR count). The van der Waals surface area contributed by atoms with Crippen molar-refractivity contribution < 1.29 is 14.3 Å². The fourth-order valence-electron chi connectivity index (χ4n) is 3.63. The molecular weight excluding hydrogens is 414 g/mol. The molecule has 31 heavy (non-hydrogen) atoms. The largest absolute Gasteiger partial charge is 0.462 e. The summed E-state index contributed by atoms with van der Waals surface area (Å²) in [5, 5.41) is 10.3. The molecule has 2 aromatic heterocycles. The number of hydrogen-bond donors (Lipinski definition) is 1. The van der Waals surface area contributed by atoms with Crippen LogP contribution in [0.2, 0.25) is 0 Å². The number of nitrogens with zero attached hydrogens (tertiary/aromatic N) is 4. The molecule has 0 saturated heterocycles. The molecule has 1 fully saturated rings. The van der Waals surface area contributed by atoms with Gasteiger partial charge in [-0.2, -0.15) is 0 Å². The maximum Gasteiger partial charge on any atom is 0.340 e. The van der Waals surface area contributed by atoms with Crippen molar-refractivity contribution in [3.8, 4) is 0 Å². The van der Waals surface area contributed by atoms with Crippen molar-refractivity contribution in [2.24, 2.45) is 5.73 Å². The summed E-state index contributed by atoms with van der Waals surface area (Å²) >= 11 is 1.45. The molecule has 9 heteroatoms. The molecule has 2 N–H and O–H groups in total. The van der Waals surface area contributed by atoms with E-state index in [4.69, 9.17) is 15.5 Å². The first kappa shape index (κ1) is 21.3. The number of nitrogens with two attached hydrogens (primary N) is 1. The fraction of sp³-hybridized carbons (Fsp3) is 0.409. The van der Waals surface area contributed by atoms with Gasteiger partial charge in [-0.05, 0) is 38.3 Å². The van der Waals surface area contributed by atoms with Crippen LogP contribution in [-0.2, 0) is 21.8 Å². The fourth-order valence-corrected chi connectivity index (χ4v) is 4.55. The number of primary amides is 1. The molecule has 1 aliphatic rings. The second-order valence-electron chi connectivity index (χ2n) is 7.57. The molecule has 0 spiro atoms. The highest BCUT2D eigenvalue weighted by Gasteiger charge is 2.30. The van der Waals surface area contributed by atoms with Gasteiger partial charge in [-0.3, -0.25) is 9.78 Å². The molecule has 3 aromatic rings. The van der Waals surface area contributed by atoms with Crippen LogP contribution in [0.5, 0.6) is 0 Å². The molecule has 0 atom stereocenters. The van der Waals surface area contributed by atoms with Gasteiger partial charge in [0.1, 0.15) is 5.82 Å². The molecule has 1 aromatic carbocycles. The van der Waals surface area contributed by atoms with E-state index < -0.39 is 0 Å². The van der Waals surface area contributed by atoms with Crippen molar-refractivity contribution in [2.45, 2.75) is 56.5 Å². The van der Waals surface area contributed by atoms with Gasteiger partial charge in [0.2, 0.25) is 5.91 Å². The van der Waals surface area contributed by atoms with Crippen LogP contribution >= 0.6 is 11.8 Å². The normalized spacial score (nSPS) is 13.5. The van der Waals surface area contributed by atoms with E-state index in [0.29, 0.717) is 41.2 Å². The van der Waals surface area contributed by atoms with E-state index in [1.165, 1.54) is 11.8 Å². The van der Waals surface area contributed by atoms with Crippen LogP contribution in [0.4, 0.5) is 0 Å². The molecule has 2 heterocycles. The lowest BCUT2D eigenvalue weighted by Gasteiger charge is -2.14. The number of hydrogen-bond acceptors (Lipinski definition) is 7. The Morgan fingerprint density at radius 2 is 2.03 bits per heavy atom. The summed E-state index contributed by atoms with van der Waals surface area (Å²) in [5.74, 6) is 0.993. The van der Waals surface area contributed by atoms with Gasteiger partial charge in [0.25, 0.3) is 0 Å². The number of ether oxygens (including phenoxy) is 1. The predicted molar refractivity (Wildman–Crippen MR) is 118 cm³/mol. The van der Waals surface area contributed by atoms with Gasteiger partial charge in [0, 0.05) is 30.0 Å². The standard InChI is InChI=1S/C22H25N5O3S/c1-3-30-21(29)19-13(2)15-6-4-5-7-16(15)24-17(19)12-31-22-26-25-20(14-8-9-14)27(22)11-10-18(23)28/h4-7,14H,3,8-12H2,1-2H3,(H2,23,28). The van der Waals surface area contributed by atoms with Gasteiger partial charge >= 0.3 is 5.97 Å². The molecule has 8 nitrogen and oxygen atoms in total. The number of pyridine rings is 1. The van der Waals surface area contributed by atoms with Crippen molar-refractivity contribution in [1.29, 1.82) is 0 Å². The Morgan fingerprint density at radius 3 is 2.74 bits per heavy atom. The lowest BCUT2D eigenvalue weighted by atomic mass is 10.0. The second kappa shape index (κ2) is 9.05. The summed E-state index contributed by atoms with van der Waals surface area (Å²) in [4.78, 5) is 28.8. The summed E-state index contributed by atoms with van der Waals surface area (Å²) < 4.78 is 7.29. The molecule has 162 valence electrons. The van der Waals surface area contributed by atoms with E-state index in [1.807, 2.05) is 35.8 Å². The zero-order valence-corrected chi connectivity index (χ0v) is 18.4. The van der Waals surface area contributed by atoms with Crippen LogP contribution in [0.25, 0.3) is 10.9 Å². The lowest BCUT2D eigenvalue weighted by molar-refractivity contribution is -0.118. The Hall–Kier alpha value is -2.94. The third-order valence-electron chi connectivity index (χ3n) is 5.31. The van der Waals surface area contributed by atoms with Crippen LogP contribution in [0, 0.1) is 6.92 Å². The third-order valence-corrected chi connectivity index (χ3v) is 6.29. The SMILES string of the molecule is CCOC(=O)c1c(CSc2nnc(C3CC3)n2CCC(N)=O)nc2ccccc2c1C. The number of para-hydroxylation sites is 1. The summed E-state index contributed by atoms with van der Waals surface area (Å²) in [5.41, 5.74) is 8.19. The van der Waals surface area contributed by atoms with Crippen LogP contribution in [0.15, 0.2) is 29.4 Å². The average molecular weight is 440 g/mol. The number of aryl methyl sites for hydroxylation is 1. The first-order chi connectivity index (χ1) is 15.0. The summed E-state index contributed by atoms with van der Waals surface area (Å²) in [6, 6.07) is 7.75. The third kappa shape index (κ3) is 4.56.